The van der Waals surface area contributed by atoms with Crippen LogP contribution < -0.4 is 4.80 Å². The molecule has 30 heavy (non-hydrogen) atoms. The molecule has 4 fully saturated rings. The van der Waals surface area contributed by atoms with Gasteiger partial charge < -0.3 is 0 Å². The van der Waals surface area contributed by atoms with Gasteiger partial charge in [0.1, 0.15) is 5.01 Å². The summed E-state index contributed by atoms with van der Waals surface area (Å²) in [5, 5.41) is 15.5. The molecule has 7 rings (SSSR count). The number of hydrogen-bond acceptors (Lipinski definition) is 4. The molecule has 4 nitrogen and oxygen atoms in total. The monoisotopic (exact) mass is 478 g/mol. The average Bonchev–Trinajstić information content (AvgIpc) is 3.18. The van der Waals surface area contributed by atoms with Gasteiger partial charge in [0, 0.05) is 15.7 Å². The van der Waals surface area contributed by atoms with E-state index < -0.39 is 0 Å². The van der Waals surface area contributed by atoms with Gasteiger partial charge in [0.15, 0.2) is 0 Å². The lowest BCUT2D eigenvalue weighted by Gasteiger charge is -2.50. The minimum atomic E-state index is 0.660. The highest BCUT2D eigenvalue weighted by molar-refractivity contribution is 9.10. The number of benzene rings is 2. The van der Waals surface area contributed by atoms with E-state index in [0.717, 1.165) is 37.4 Å². The first kappa shape index (κ1) is 18.7. The molecular formula is C24H23BrN4S. The van der Waals surface area contributed by atoms with Crippen LogP contribution in [0.5, 0.6) is 0 Å². The molecule has 6 heteroatoms. The van der Waals surface area contributed by atoms with Gasteiger partial charge in [0.25, 0.3) is 0 Å². The third-order valence-electron chi connectivity index (χ3n) is 6.88. The summed E-state index contributed by atoms with van der Waals surface area (Å²) in [5.41, 5.74) is 3.47. The molecule has 2 aromatic carbocycles. The van der Waals surface area contributed by atoms with Crippen LogP contribution in [0.1, 0.15) is 32.1 Å². The Hall–Kier alpha value is -2.05. The van der Waals surface area contributed by atoms with E-state index in [4.69, 9.17) is 15.3 Å². The van der Waals surface area contributed by atoms with Gasteiger partial charge in [-0.05, 0) is 80.0 Å². The maximum atomic E-state index is 4.89. The molecule has 4 bridgehead atoms. The van der Waals surface area contributed by atoms with Gasteiger partial charge in [0.2, 0.25) is 4.80 Å². The van der Waals surface area contributed by atoms with Crippen molar-refractivity contribution in [2.45, 2.75) is 32.1 Å². The molecule has 1 heterocycles. The first-order valence-electron chi connectivity index (χ1n) is 10.8. The van der Waals surface area contributed by atoms with Crippen molar-refractivity contribution in [1.82, 2.24) is 9.78 Å². The minimum absolute atomic E-state index is 0.660. The largest absolute Gasteiger partial charge is 0.233 e. The van der Waals surface area contributed by atoms with Gasteiger partial charge in [-0.1, -0.05) is 57.6 Å². The smallest absolute Gasteiger partial charge is 0.203 e. The molecule has 4 aliphatic rings. The summed E-state index contributed by atoms with van der Waals surface area (Å²) in [4.78, 5) is 0.831. The third kappa shape index (κ3) is 3.40. The fraction of sp³-hybridized carbons (Fsp3) is 0.375. The molecule has 4 saturated carbocycles. The topological polar surface area (TPSA) is 42.5 Å². The Labute approximate surface area is 188 Å². The van der Waals surface area contributed by atoms with Crippen LogP contribution in [-0.4, -0.2) is 15.5 Å². The highest BCUT2D eigenvalue weighted by atomic mass is 79.9. The highest BCUT2D eigenvalue weighted by Gasteiger charge is 2.46. The van der Waals surface area contributed by atoms with Crippen molar-refractivity contribution < 1.29 is 0 Å². The van der Waals surface area contributed by atoms with E-state index in [1.54, 1.807) is 11.3 Å². The number of rotatable bonds is 3. The average molecular weight is 479 g/mol. The number of hydrogen-bond donors (Lipinski definition) is 0. The molecule has 4 aliphatic carbocycles. The molecule has 0 aliphatic heterocycles. The van der Waals surface area contributed by atoms with Crippen molar-refractivity contribution in [3.05, 3.63) is 63.9 Å². The lowest BCUT2D eigenvalue weighted by Crippen LogP contribution is -2.45. The summed E-state index contributed by atoms with van der Waals surface area (Å²) >= 11 is 5.13. The van der Waals surface area contributed by atoms with Crippen LogP contribution in [0.25, 0.3) is 16.3 Å². The first-order chi connectivity index (χ1) is 14.7. The fourth-order valence-corrected chi connectivity index (χ4v) is 6.85. The van der Waals surface area contributed by atoms with Crippen molar-refractivity contribution in [3.63, 3.8) is 0 Å². The van der Waals surface area contributed by atoms with E-state index in [-0.39, 0.29) is 0 Å². The van der Waals surface area contributed by atoms with Crippen LogP contribution in [0.2, 0.25) is 0 Å². The predicted octanol–water partition coefficient (Wildman–Crippen LogP) is 6.08. The zero-order valence-corrected chi connectivity index (χ0v) is 19.0. The van der Waals surface area contributed by atoms with Crippen LogP contribution in [0.3, 0.4) is 0 Å². The van der Waals surface area contributed by atoms with Crippen LogP contribution in [-0.2, 0) is 0 Å². The minimum Gasteiger partial charge on any atom is -0.203 e. The van der Waals surface area contributed by atoms with Gasteiger partial charge in [-0.3, -0.25) is 0 Å². The van der Waals surface area contributed by atoms with Crippen LogP contribution >= 0.6 is 27.3 Å². The van der Waals surface area contributed by atoms with E-state index in [1.807, 2.05) is 35.0 Å². The van der Waals surface area contributed by atoms with Crippen molar-refractivity contribution in [2.75, 3.05) is 0 Å². The molecule has 152 valence electrons. The normalized spacial score (nSPS) is 27.6. The second kappa shape index (κ2) is 7.57. The number of halogens is 1. The van der Waals surface area contributed by atoms with E-state index in [9.17, 15) is 0 Å². The Morgan fingerprint density at radius 2 is 1.50 bits per heavy atom. The van der Waals surface area contributed by atoms with Crippen molar-refractivity contribution in [3.8, 4) is 16.3 Å². The molecule has 0 N–H and O–H groups in total. The summed E-state index contributed by atoms with van der Waals surface area (Å²) in [5.74, 6) is 3.19. The van der Waals surface area contributed by atoms with Gasteiger partial charge >= 0.3 is 0 Å². The van der Waals surface area contributed by atoms with E-state index in [1.165, 1.54) is 37.8 Å². The second-order valence-electron chi connectivity index (χ2n) is 8.87. The third-order valence-corrected chi connectivity index (χ3v) is 8.35. The molecule has 0 amide bonds. The SMILES string of the molecule is Brc1ccc(-n2nc(-c3ccccc3)s/c2=N\N=C2C3CC4CC(C3)CC2C4)cc1. The highest BCUT2D eigenvalue weighted by Crippen LogP contribution is 2.52. The second-order valence-corrected chi connectivity index (χ2v) is 10.7. The maximum Gasteiger partial charge on any atom is 0.233 e. The summed E-state index contributed by atoms with van der Waals surface area (Å²) in [6.45, 7) is 0. The Bertz CT molecular complexity index is 1130. The van der Waals surface area contributed by atoms with Crippen LogP contribution in [0.4, 0.5) is 0 Å². The lowest BCUT2D eigenvalue weighted by atomic mass is 9.55. The molecular weight excluding hydrogens is 456 g/mol. The number of nitrogens with zero attached hydrogens (tertiary/aromatic N) is 4. The maximum absolute atomic E-state index is 4.89. The van der Waals surface area contributed by atoms with Crippen LogP contribution in [0, 0.1) is 23.7 Å². The molecule has 0 spiro atoms. The van der Waals surface area contributed by atoms with Gasteiger partial charge in [0.05, 0.1) is 5.69 Å². The van der Waals surface area contributed by atoms with Crippen LogP contribution in [0.15, 0.2) is 69.3 Å². The van der Waals surface area contributed by atoms with Gasteiger partial charge in [-0.25, -0.2) is 4.68 Å². The number of aromatic nitrogens is 2. The predicted molar refractivity (Wildman–Crippen MR) is 125 cm³/mol. The van der Waals surface area contributed by atoms with Crippen molar-refractivity contribution in [2.24, 2.45) is 33.9 Å². The molecule has 0 saturated heterocycles. The quantitative estimate of drug-likeness (QED) is 0.420. The first-order valence-corrected chi connectivity index (χ1v) is 12.4. The molecule has 0 atom stereocenters. The Morgan fingerprint density at radius 3 is 2.17 bits per heavy atom. The lowest BCUT2D eigenvalue weighted by molar-refractivity contribution is 0.108. The summed E-state index contributed by atoms with van der Waals surface area (Å²) in [7, 11) is 0. The van der Waals surface area contributed by atoms with Crippen molar-refractivity contribution >= 4 is 33.0 Å². The molecule has 0 radical (unpaired) electrons. The van der Waals surface area contributed by atoms with E-state index in [0.29, 0.717) is 11.8 Å². The molecule has 0 unspecified atom stereocenters. The van der Waals surface area contributed by atoms with Crippen molar-refractivity contribution in [1.29, 1.82) is 0 Å². The Balaban J connectivity index is 1.44. The van der Waals surface area contributed by atoms with Gasteiger partial charge in [-0.15, -0.1) is 5.10 Å². The Morgan fingerprint density at radius 1 is 0.833 bits per heavy atom. The summed E-state index contributed by atoms with van der Waals surface area (Å²) < 4.78 is 2.98. The summed E-state index contributed by atoms with van der Waals surface area (Å²) in [6.07, 6.45) is 6.76. The molecule has 1 aromatic heterocycles. The zero-order valence-electron chi connectivity index (χ0n) is 16.6. The molecule has 3 aromatic rings. The summed E-state index contributed by atoms with van der Waals surface area (Å²) in [6, 6.07) is 18.5. The van der Waals surface area contributed by atoms with Gasteiger partial charge in [-0.2, -0.15) is 10.2 Å². The van der Waals surface area contributed by atoms with E-state index >= 15 is 0 Å². The fourth-order valence-electron chi connectivity index (χ4n) is 5.73. The standard InChI is InChI=1S/C24H23BrN4S/c25-20-6-8-21(9-7-20)29-24(30-23(28-29)17-4-2-1-3-5-17)27-26-22-18-11-15-10-16(13-18)14-19(22)12-15/h1-9,15-16,18-19H,10-14H2/b26-22?,27-24-. The van der Waals surface area contributed by atoms with E-state index in [2.05, 4.69) is 40.2 Å². The Kier molecular flexibility index (Phi) is 4.72. The zero-order chi connectivity index (χ0) is 20.1.